The summed E-state index contributed by atoms with van der Waals surface area (Å²) >= 11 is 0. The summed E-state index contributed by atoms with van der Waals surface area (Å²) in [6.07, 6.45) is 2.70. The Hall–Kier alpha value is -1.89. The summed E-state index contributed by atoms with van der Waals surface area (Å²) in [5, 5.41) is 3.06. The number of amides is 2. The number of hydrogen-bond donors (Lipinski definition) is 1. The van der Waals surface area contributed by atoms with Gasteiger partial charge in [-0.2, -0.15) is 0 Å². The normalized spacial score (nSPS) is 25.0. The Morgan fingerprint density at radius 3 is 3.14 bits per heavy atom. The van der Waals surface area contributed by atoms with Crippen LogP contribution in [0.25, 0.3) is 0 Å². The van der Waals surface area contributed by atoms with Crippen molar-refractivity contribution in [1.29, 1.82) is 0 Å². The van der Waals surface area contributed by atoms with Crippen LogP contribution in [0, 0.1) is 6.92 Å². The van der Waals surface area contributed by atoms with E-state index in [4.69, 9.17) is 4.74 Å². The standard InChI is InChI=1S/C14H21N5O2/c1-10-3-5-15-13(16-10)18-6-4-12-11(9-18)17-14(20)19(12)7-8-21-2/h3,5,11-12H,4,6-9H2,1-2H3,(H,17,20)/t11-,12+/m1/s1. The van der Waals surface area contributed by atoms with Crippen molar-refractivity contribution < 1.29 is 9.53 Å². The Morgan fingerprint density at radius 1 is 1.52 bits per heavy atom. The molecule has 0 bridgehead atoms. The molecule has 0 aliphatic carbocycles. The molecule has 7 nitrogen and oxygen atoms in total. The minimum absolute atomic E-state index is 0.00839. The van der Waals surface area contributed by atoms with E-state index in [0.717, 1.165) is 31.2 Å². The fraction of sp³-hybridized carbons (Fsp3) is 0.643. The Bertz CT molecular complexity index is 524. The number of aromatic nitrogens is 2. The van der Waals surface area contributed by atoms with Crippen molar-refractivity contribution in [3.05, 3.63) is 18.0 Å². The van der Waals surface area contributed by atoms with Crippen molar-refractivity contribution in [2.45, 2.75) is 25.4 Å². The molecule has 2 saturated heterocycles. The molecule has 21 heavy (non-hydrogen) atoms. The van der Waals surface area contributed by atoms with E-state index in [1.807, 2.05) is 17.9 Å². The topological polar surface area (TPSA) is 70.6 Å². The van der Waals surface area contributed by atoms with Crippen molar-refractivity contribution >= 4 is 12.0 Å². The number of urea groups is 1. The number of nitrogens with one attached hydrogen (secondary N) is 1. The smallest absolute Gasteiger partial charge is 0.318 e. The molecule has 0 aromatic carbocycles. The second-order valence-corrected chi connectivity index (χ2v) is 5.54. The van der Waals surface area contributed by atoms with Crippen LogP contribution < -0.4 is 10.2 Å². The lowest BCUT2D eigenvalue weighted by Gasteiger charge is -2.36. The van der Waals surface area contributed by atoms with Crippen molar-refractivity contribution in [2.75, 3.05) is 38.3 Å². The number of hydrogen-bond acceptors (Lipinski definition) is 5. The maximum Gasteiger partial charge on any atom is 0.318 e. The number of nitrogens with zero attached hydrogens (tertiary/aromatic N) is 4. The molecule has 0 saturated carbocycles. The van der Waals surface area contributed by atoms with Crippen LogP contribution in [-0.2, 0) is 4.74 Å². The number of rotatable bonds is 4. The quantitative estimate of drug-likeness (QED) is 0.870. The summed E-state index contributed by atoms with van der Waals surface area (Å²) in [6, 6.07) is 2.27. The molecule has 0 unspecified atom stereocenters. The van der Waals surface area contributed by atoms with Gasteiger partial charge in [-0.1, -0.05) is 0 Å². The van der Waals surface area contributed by atoms with Crippen LogP contribution in [0.4, 0.5) is 10.7 Å². The SMILES string of the molecule is COCCN1C(=O)N[C@@H]2CN(c3nccc(C)n3)CC[C@@H]21. The highest BCUT2D eigenvalue weighted by Gasteiger charge is 2.42. The van der Waals surface area contributed by atoms with Crippen LogP contribution >= 0.6 is 0 Å². The molecule has 3 rings (SSSR count). The fourth-order valence-corrected chi connectivity index (χ4v) is 3.07. The summed E-state index contributed by atoms with van der Waals surface area (Å²) in [6.45, 7) is 4.79. The van der Waals surface area contributed by atoms with Crippen LogP contribution in [0.1, 0.15) is 12.1 Å². The van der Waals surface area contributed by atoms with Gasteiger partial charge in [-0.15, -0.1) is 0 Å². The zero-order valence-corrected chi connectivity index (χ0v) is 12.5. The molecule has 1 aromatic rings. The third-order valence-electron chi connectivity index (χ3n) is 4.15. The van der Waals surface area contributed by atoms with Gasteiger partial charge in [0.05, 0.1) is 18.7 Å². The number of ether oxygens (including phenoxy) is 1. The molecular formula is C14H21N5O2. The van der Waals surface area contributed by atoms with E-state index in [-0.39, 0.29) is 18.1 Å². The molecule has 1 N–H and O–H groups in total. The average molecular weight is 291 g/mol. The lowest BCUT2D eigenvalue weighted by atomic mass is 10.0. The third-order valence-corrected chi connectivity index (χ3v) is 4.15. The lowest BCUT2D eigenvalue weighted by Crippen LogP contribution is -2.52. The van der Waals surface area contributed by atoms with Crippen LogP contribution in [0.5, 0.6) is 0 Å². The summed E-state index contributed by atoms with van der Waals surface area (Å²) in [4.78, 5) is 24.9. The summed E-state index contributed by atoms with van der Waals surface area (Å²) < 4.78 is 5.08. The largest absolute Gasteiger partial charge is 0.383 e. The first-order valence-electron chi connectivity index (χ1n) is 7.29. The first-order chi connectivity index (χ1) is 10.2. The molecular weight excluding hydrogens is 270 g/mol. The number of methoxy groups -OCH3 is 1. The maximum atomic E-state index is 12.1. The van der Waals surface area contributed by atoms with Gasteiger partial charge in [0.15, 0.2) is 0 Å². The van der Waals surface area contributed by atoms with E-state index in [2.05, 4.69) is 20.2 Å². The first kappa shape index (κ1) is 14.1. The molecule has 2 fully saturated rings. The van der Waals surface area contributed by atoms with Crippen molar-refractivity contribution in [3.8, 4) is 0 Å². The number of carbonyl (C=O) groups is 1. The number of fused-ring (bicyclic) bond motifs is 1. The average Bonchev–Trinajstić information content (AvgIpc) is 2.79. The Kier molecular flexibility index (Phi) is 3.92. The predicted octanol–water partition coefficient (Wildman–Crippen LogP) is 0.404. The van der Waals surface area contributed by atoms with Gasteiger partial charge in [-0.05, 0) is 19.4 Å². The fourth-order valence-electron chi connectivity index (χ4n) is 3.07. The highest BCUT2D eigenvalue weighted by molar-refractivity contribution is 5.78. The van der Waals surface area contributed by atoms with Gasteiger partial charge in [0.1, 0.15) is 0 Å². The van der Waals surface area contributed by atoms with Crippen LogP contribution in [0.15, 0.2) is 12.3 Å². The maximum absolute atomic E-state index is 12.1. The Morgan fingerprint density at radius 2 is 2.38 bits per heavy atom. The zero-order chi connectivity index (χ0) is 14.8. The lowest BCUT2D eigenvalue weighted by molar-refractivity contribution is 0.140. The summed E-state index contributed by atoms with van der Waals surface area (Å²) in [5.41, 5.74) is 0.958. The van der Waals surface area contributed by atoms with E-state index in [1.165, 1.54) is 0 Å². The van der Waals surface area contributed by atoms with Crippen molar-refractivity contribution in [1.82, 2.24) is 20.2 Å². The minimum Gasteiger partial charge on any atom is -0.383 e. The van der Waals surface area contributed by atoms with Gasteiger partial charge in [0.2, 0.25) is 5.95 Å². The molecule has 1 aromatic heterocycles. The molecule has 2 aliphatic heterocycles. The molecule has 2 amide bonds. The van der Waals surface area contributed by atoms with Gasteiger partial charge >= 0.3 is 6.03 Å². The van der Waals surface area contributed by atoms with Crippen LogP contribution in [-0.4, -0.2) is 66.3 Å². The summed E-state index contributed by atoms with van der Waals surface area (Å²) in [5.74, 6) is 0.748. The number of anilines is 1. The highest BCUT2D eigenvalue weighted by atomic mass is 16.5. The van der Waals surface area contributed by atoms with Crippen LogP contribution in [0.3, 0.4) is 0 Å². The zero-order valence-electron chi connectivity index (χ0n) is 12.5. The number of carbonyl (C=O) groups excluding carboxylic acids is 1. The first-order valence-corrected chi connectivity index (χ1v) is 7.29. The van der Waals surface area contributed by atoms with Gasteiger partial charge < -0.3 is 19.9 Å². The second-order valence-electron chi connectivity index (χ2n) is 5.54. The molecule has 114 valence electrons. The van der Waals surface area contributed by atoms with E-state index < -0.39 is 0 Å². The van der Waals surface area contributed by atoms with E-state index in [0.29, 0.717) is 13.2 Å². The van der Waals surface area contributed by atoms with Gasteiger partial charge in [0.25, 0.3) is 0 Å². The second kappa shape index (κ2) is 5.85. The minimum atomic E-state index is 0.00839. The molecule has 0 radical (unpaired) electrons. The van der Waals surface area contributed by atoms with E-state index in [1.54, 1.807) is 13.3 Å². The number of aryl methyl sites for hydroxylation is 1. The molecule has 0 spiro atoms. The Balaban J connectivity index is 1.68. The van der Waals surface area contributed by atoms with E-state index in [9.17, 15) is 4.79 Å². The number of piperidine rings is 1. The summed E-state index contributed by atoms with van der Waals surface area (Å²) in [7, 11) is 1.66. The third kappa shape index (κ3) is 2.78. The Labute approximate surface area is 124 Å². The van der Waals surface area contributed by atoms with Crippen LogP contribution in [0.2, 0.25) is 0 Å². The molecule has 3 heterocycles. The molecule has 2 aliphatic rings. The van der Waals surface area contributed by atoms with Crippen molar-refractivity contribution in [2.24, 2.45) is 0 Å². The van der Waals surface area contributed by atoms with Gasteiger partial charge in [0, 0.05) is 38.6 Å². The highest BCUT2D eigenvalue weighted by Crippen LogP contribution is 2.24. The van der Waals surface area contributed by atoms with Crippen molar-refractivity contribution in [3.63, 3.8) is 0 Å². The predicted molar refractivity (Wildman–Crippen MR) is 78.3 cm³/mol. The molecule has 7 heteroatoms. The van der Waals surface area contributed by atoms with Gasteiger partial charge in [-0.3, -0.25) is 0 Å². The monoisotopic (exact) mass is 291 g/mol. The van der Waals surface area contributed by atoms with Gasteiger partial charge in [-0.25, -0.2) is 14.8 Å². The molecule has 2 atom stereocenters. The van der Waals surface area contributed by atoms with E-state index >= 15 is 0 Å².